The maximum absolute atomic E-state index is 9.17. The van der Waals surface area contributed by atoms with Crippen LogP contribution < -0.4 is 20.9 Å². The number of aromatic nitrogens is 3. The van der Waals surface area contributed by atoms with E-state index in [2.05, 4.69) is 50.8 Å². The third kappa shape index (κ3) is 3.04. The van der Waals surface area contributed by atoms with Crippen LogP contribution in [0.1, 0.15) is 16.7 Å². The van der Waals surface area contributed by atoms with Crippen molar-refractivity contribution in [3.63, 3.8) is 0 Å². The summed E-state index contributed by atoms with van der Waals surface area (Å²) in [6.07, 6.45) is 0.959. The quantitative estimate of drug-likeness (QED) is 0.432. The molecule has 0 amide bonds. The van der Waals surface area contributed by atoms with Gasteiger partial charge in [-0.15, -0.1) is 0 Å². The Hall–Kier alpha value is -2.64. The van der Waals surface area contributed by atoms with Gasteiger partial charge in [-0.05, 0) is 10.7 Å². The molecular weight excluding hydrogens is 316 g/mol. The van der Waals surface area contributed by atoms with E-state index in [0.717, 1.165) is 42.9 Å². The molecule has 0 bridgehead atoms. The van der Waals surface area contributed by atoms with Crippen LogP contribution in [0.5, 0.6) is 0 Å². The predicted octanol–water partition coefficient (Wildman–Crippen LogP) is -0.495. The molecule has 7 nitrogen and oxygen atoms in total. The van der Waals surface area contributed by atoms with E-state index in [0.29, 0.717) is 12.4 Å². The Bertz CT molecular complexity index is 876. The van der Waals surface area contributed by atoms with Gasteiger partial charge < -0.3 is 21.1 Å². The van der Waals surface area contributed by atoms with E-state index in [9.17, 15) is 5.11 Å². The van der Waals surface area contributed by atoms with Gasteiger partial charge in [0.15, 0.2) is 0 Å². The SMILES string of the molecule is Nc1[nH]nc2[nH+]c(NCCO)c3c(c12)CC[NH+](Cc1ccccc1)C3. The number of nitrogens with one attached hydrogen (secondary N) is 4. The first-order valence-electron chi connectivity index (χ1n) is 8.69. The lowest BCUT2D eigenvalue weighted by molar-refractivity contribution is -0.929. The molecule has 0 spiro atoms. The summed E-state index contributed by atoms with van der Waals surface area (Å²) in [5.41, 5.74) is 10.7. The number of aromatic amines is 2. The molecule has 1 aromatic carbocycles. The van der Waals surface area contributed by atoms with Crippen molar-refractivity contribution in [1.82, 2.24) is 10.2 Å². The minimum Gasteiger partial charge on any atom is -0.393 e. The maximum atomic E-state index is 9.17. The Balaban J connectivity index is 1.69. The number of pyridine rings is 1. The predicted molar refractivity (Wildman–Crippen MR) is 96.0 cm³/mol. The minimum atomic E-state index is 0.0872. The van der Waals surface area contributed by atoms with Crippen molar-refractivity contribution in [1.29, 1.82) is 0 Å². The number of anilines is 2. The van der Waals surface area contributed by atoms with Crippen molar-refractivity contribution in [2.24, 2.45) is 0 Å². The molecule has 0 radical (unpaired) electrons. The van der Waals surface area contributed by atoms with Crippen molar-refractivity contribution >= 4 is 22.7 Å². The average Bonchev–Trinajstić information content (AvgIpc) is 3.01. The van der Waals surface area contributed by atoms with Gasteiger partial charge in [0.2, 0.25) is 5.82 Å². The van der Waals surface area contributed by atoms with Crippen LogP contribution in [0.2, 0.25) is 0 Å². The molecule has 1 atom stereocenters. The first-order valence-corrected chi connectivity index (χ1v) is 8.69. The third-order valence-corrected chi connectivity index (χ3v) is 4.87. The number of hydrogen-bond donors (Lipinski definition) is 5. The van der Waals surface area contributed by atoms with Crippen LogP contribution in [0.4, 0.5) is 11.6 Å². The second-order valence-electron chi connectivity index (χ2n) is 6.56. The summed E-state index contributed by atoms with van der Waals surface area (Å²) in [4.78, 5) is 4.85. The van der Waals surface area contributed by atoms with Crippen LogP contribution in [0.3, 0.4) is 0 Å². The lowest BCUT2D eigenvalue weighted by atomic mass is 9.97. The zero-order chi connectivity index (χ0) is 17.2. The highest BCUT2D eigenvalue weighted by atomic mass is 16.3. The van der Waals surface area contributed by atoms with Crippen molar-refractivity contribution in [3.8, 4) is 0 Å². The number of fused-ring (bicyclic) bond motifs is 3. The van der Waals surface area contributed by atoms with Gasteiger partial charge in [0.25, 0.3) is 5.65 Å². The summed E-state index contributed by atoms with van der Waals surface area (Å²) < 4.78 is 0. The van der Waals surface area contributed by atoms with Crippen LogP contribution in [-0.2, 0) is 19.5 Å². The lowest BCUT2D eigenvalue weighted by Gasteiger charge is -2.26. The monoisotopic (exact) mass is 340 g/mol. The maximum Gasteiger partial charge on any atom is 0.295 e. The minimum absolute atomic E-state index is 0.0872. The van der Waals surface area contributed by atoms with E-state index < -0.39 is 0 Å². The Morgan fingerprint density at radius 3 is 2.92 bits per heavy atom. The van der Waals surface area contributed by atoms with Gasteiger partial charge in [-0.1, -0.05) is 30.3 Å². The standard InChI is InChI=1S/C18H22N6O/c19-16-15-13-6-8-24(10-12-4-2-1-3-5-12)11-14(13)17(20-7-9-25)21-18(15)23-22-16/h1-5,25H,6-11H2,(H4,19,20,21,22,23)/p+2. The largest absolute Gasteiger partial charge is 0.393 e. The molecule has 1 unspecified atom stereocenters. The first-order chi connectivity index (χ1) is 12.3. The fourth-order valence-electron chi connectivity index (χ4n) is 3.73. The number of aliphatic hydroxyl groups excluding tert-OH is 1. The zero-order valence-electron chi connectivity index (χ0n) is 14.1. The number of nitrogens with two attached hydrogens (primary N) is 1. The van der Waals surface area contributed by atoms with Crippen LogP contribution in [0.15, 0.2) is 30.3 Å². The molecule has 0 fully saturated rings. The molecule has 2 aromatic heterocycles. The molecule has 7 N–H and O–H groups in total. The fourth-order valence-corrected chi connectivity index (χ4v) is 3.73. The third-order valence-electron chi connectivity index (χ3n) is 4.87. The summed E-state index contributed by atoms with van der Waals surface area (Å²) in [5, 5.41) is 20.6. The lowest BCUT2D eigenvalue weighted by Crippen LogP contribution is -3.10. The molecule has 0 aliphatic carbocycles. The summed E-state index contributed by atoms with van der Waals surface area (Å²) in [6.45, 7) is 3.56. The van der Waals surface area contributed by atoms with Crippen LogP contribution in [-0.4, -0.2) is 35.0 Å². The summed E-state index contributed by atoms with van der Waals surface area (Å²) in [5.74, 6) is 1.55. The zero-order valence-corrected chi connectivity index (χ0v) is 14.1. The average molecular weight is 340 g/mol. The van der Waals surface area contributed by atoms with E-state index in [1.54, 1.807) is 0 Å². The van der Waals surface area contributed by atoms with Crippen molar-refractivity contribution < 1.29 is 15.0 Å². The molecule has 0 saturated carbocycles. The van der Waals surface area contributed by atoms with Crippen LogP contribution in [0.25, 0.3) is 11.0 Å². The second-order valence-corrected chi connectivity index (χ2v) is 6.56. The van der Waals surface area contributed by atoms with Crippen LogP contribution in [0, 0.1) is 0 Å². The summed E-state index contributed by atoms with van der Waals surface area (Å²) >= 11 is 0. The van der Waals surface area contributed by atoms with E-state index >= 15 is 0 Å². The number of benzene rings is 1. The number of nitrogens with zero attached hydrogens (tertiary/aromatic N) is 1. The molecule has 3 heterocycles. The number of quaternary nitrogens is 1. The topological polar surface area (TPSA) is 106 Å². The Kier molecular flexibility index (Phi) is 4.25. The molecule has 25 heavy (non-hydrogen) atoms. The van der Waals surface area contributed by atoms with Crippen LogP contribution >= 0.6 is 0 Å². The number of aliphatic hydroxyl groups is 1. The number of hydrogen-bond acceptors (Lipinski definition) is 4. The molecule has 3 aromatic rings. The smallest absolute Gasteiger partial charge is 0.295 e. The Morgan fingerprint density at radius 2 is 2.12 bits per heavy atom. The molecule has 1 aliphatic rings. The van der Waals surface area contributed by atoms with E-state index in [1.165, 1.54) is 21.6 Å². The normalized spacial score (nSPS) is 16.8. The highest BCUT2D eigenvalue weighted by Gasteiger charge is 2.29. The van der Waals surface area contributed by atoms with Crippen molar-refractivity contribution in [2.45, 2.75) is 19.5 Å². The molecule has 7 heteroatoms. The van der Waals surface area contributed by atoms with Gasteiger partial charge in [0.1, 0.15) is 18.9 Å². The van der Waals surface area contributed by atoms with E-state index in [4.69, 9.17) is 5.73 Å². The van der Waals surface area contributed by atoms with Gasteiger partial charge in [-0.2, -0.15) is 5.10 Å². The van der Waals surface area contributed by atoms with E-state index in [-0.39, 0.29) is 6.61 Å². The number of nitrogen functional groups attached to an aromatic ring is 1. The fraction of sp³-hybridized carbons (Fsp3) is 0.333. The summed E-state index contributed by atoms with van der Waals surface area (Å²) in [6, 6.07) is 10.6. The van der Waals surface area contributed by atoms with Gasteiger partial charge in [-0.25, -0.2) is 4.98 Å². The van der Waals surface area contributed by atoms with Gasteiger partial charge >= 0.3 is 0 Å². The highest BCUT2D eigenvalue weighted by Crippen LogP contribution is 2.27. The molecule has 0 saturated heterocycles. The highest BCUT2D eigenvalue weighted by molar-refractivity contribution is 5.89. The van der Waals surface area contributed by atoms with Gasteiger partial charge in [0, 0.05) is 12.0 Å². The molecule has 130 valence electrons. The molecular formula is C18H24N6O+2. The van der Waals surface area contributed by atoms with E-state index in [1.807, 2.05) is 0 Å². The first kappa shape index (κ1) is 15.9. The number of H-pyrrole nitrogens is 2. The number of rotatable bonds is 5. The second kappa shape index (κ2) is 6.70. The summed E-state index contributed by atoms with van der Waals surface area (Å²) in [7, 11) is 0. The Labute approximate surface area is 145 Å². The molecule has 4 rings (SSSR count). The van der Waals surface area contributed by atoms with Gasteiger partial charge in [0.05, 0.1) is 30.6 Å². The van der Waals surface area contributed by atoms with Crippen molar-refractivity contribution in [2.75, 3.05) is 30.7 Å². The Morgan fingerprint density at radius 1 is 1.28 bits per heavy atom. The van der Waals surface area contributed by atoms with Gasteiger partial charge in [-0.3, -0.25) is 0 Å². The van der Waals surface area contributed by atoms with Crippen molar-refractivity contribution in [3.05, 3.63) is 47.0 Å². The molecule has 1 aliphatic heterocycles.